The standard InChI is InChI=1S/C28H29FN4O2/c1-16(2)33-24-12-20(11-22(19-5-6-19)28(24)35-15-26(33)34)27-23(29)14-31-25(32-27)10-17-3-4-18-7-8-30-13-21(18)9-17/h3-4,9,11-12,14,16,19,30H,5-8,10,13,15H2,1-2H3. The number of benzene rings is 2. The molecule has 0 atom stereocenters. The number of nitrogens with zero attached hydrogens (tertiary/aromatic N) is 3. The maximum Gasteiger partial charge on any atom is 0.265 e. The fourth-order valence-electron chi connectivity index (χ4n) is 5.23. The van der Waals surface area contributed by atoms with E-state index in [9.17, 15) is 4.79 Å². The van der Waals surface area contributed by atoms with E-state index in [1.165, 1.54) is 17.3 Å². The van der Waals surface area contributed by atoms with Crippen LogP contribution in [-0.2, 0) is 24.2 Å². The molecule has 1 fully saturated rings. The number of aromatic nitrogens is 2. The number of rotatable bonds is 5. The van der Waals surface area contributed by atoms with Crippen molar-refractivity contribution < 1.29 is 13.9 Å². The summed E-state index contributed by atoms with van der Waals surface area (Å²) in [6, 6.07) is 10.3. The molecule has 2 aromatic carbocycles. The molecule has 1 aliphatic carbocycles. The van der Waals surface area contributed by atoms with Crippen molar-refractivity contribution in [1.82, 2.24) is 15.3 Å². The van der Waals surface area contributed by atoms with Crippen LogP contribution in [0, 0.1) is 5.82 Å². The Kier molecular flexibility index (Phi) is 5.52. The van der Waals surface area contributed by atoms with E-state index in [2.05, 4.69) is 33.5 Å². The van der Waals surface area contributed by atoms with Crippen LogP contribution in [0.25, 0.3) is 11.3 Å². The third-order valence-corrected chi connectivity index (χ3v) is 7.09. The van der Waals surface area contributed by atoms with E-state index in [1.54, 1.807) is 4.90 Å². The highest BCUT2D eigenvalue weighted by molar-refractivity contribution is 5.99. The van der Waals surface area contributed by atoms with Gasteiger partial charge in [0, 0.05) is 30.1 Å². The number of hydrogen-bond acceptors (Lipinski definition) is 5. The number of anilines is 1. The molecule has 35 heavy (non-hydrogen) atoms. The second kappa shape index (κ2) is 8.72. The highest BCUT2D eigenvalue weighted by atomic mass is 19.1. The molecule has 0 saturated heterocycles. The summed E-state index contributed by atoms with van der Waals surface area (Å²) >= 11 is 0. The molecule has 1 N–H and O–H groups in total. The van der Waals surface area contributed by atoms with Gasteiger partial charge in [0.2, 0.25) is 0 Å². The van der Waals surface area contributed by atoms with Gasteiger partial charge in [0.05, 0.1) is 11.9 Å². The molecule has 2 aliphatic heterocycles. The number of amides is 1. The van der Waals surface area contributed by atoms with Crippen molar-refractivity contribution in [3.8, 4) is 17.0 Å². The third kappa shape index (κ3) is 4.18. The molecule has 0 radical (unpaired) electrons. The van der Waals surface area contributed by atoms with Crippen LogP contribution in [0.5, 0.6) is 5.75 Å². The summed E-state index contributed by atoms with van der Waals surface area (Å²) in [6.45, 7) is 5.87. The Morgan fingerprint density at radius 3 is 2.86 bits per heavy atom. The number of nitrogens with one attached hydrogen (secondary N) is 1. The quantitative estimate of drug-likeness (QED) is 0.591. The Morgan fingerprint density at radius 1 is 1.20 bits per heavy atom. The van der Waals surface area contributed by atoms with Gasteiger partial charge in [-0.1, -0.05) is 18.2 Å². The monoisotopic (exact) mass is 472 g/mol. The van der Waals surface area contributed by atoms with E-state index in [1.807, 2.05) is 26.0 Å². The smallest absolute Gasteiger partial charge is 0.265 e. The SMILES string of the molecule is CC(C)N1C(=O)COc2c(C3CC3)cc(-c3nc(Cc4ccc5c(c4)CNCC5)ncc3F)cc21. The van der Waals surface area contributed by atoms with Crippen LogP contribution >= 0.6 is 0 Å². The molecule has 3 heterocycles. The lowest BCUT2D eigenvalue weighted by Crippen LogP contribution is -2.43. The summed E-state index contributed by atoms with van der Waals surface area (Å²) in [5.41, 5.74) is 6.46. The van der Waals surface area contributed by atoms with E-state index in [-0.39, 0.29) is 24.2 Å². The van der Waals surface area contributed by atoms with Crippen LogP contribution in [0.4, 0.5) is 10.1 Å². The summed E-state index contributed by atoms with van der Waals surface area (Å²) in [6.07, 6.45) is 4.96. The van der Waals surface area contributed by atoms with Gasteiger partial charge >= 0.3 is 0 Å². The second-order valence-corrected chi connectivity index (χ2v) is 10.0. The van der Waals surface area contributed by atoms with E-state index in [0.717, 1.165) is 49.2 Å². The van der Waals surface area contributed by atoms with Crippen molar-refractivity contribution in [3.63, 3.8) is 0 Å². The largest absolute Gasteiger partial charge is 0.481 e. The molecule has 1 aromatic heterocycles. The van der Waals surface area contributed by atoms with Gasteiger partial charge in [0.25, 0.3) is 5.91 Å². The molecular weight excluding hydrogens is 443 g/mol. The lowest BCUT2D eigenvalue weighted by Gasteiger charge is -2.34. The third-order valence-electron chi connectivity index (χ3n) is 7.09. The molecule has 1 saturated carbocycles. The topological polar surface area (TPSA) is 67.4 Å². The predicted molar refractivity (Wildman–Crippen MR) is 132 cm³/mol. The average molecular weight is 473 g/mol. The number of ether oxygens (including phenoxy) is 1. The minimum absolute atomic E-state index is 0.0308. The van der Waals surface area contributed by atoms with Gasteiger partial charge in [-0.2, -0.15) is 0 Å². The van der Waals surface area contributed by atoms with Gasteiger partial charge in [-0.05, 0) is 74.4 Å². The van der Waals surface area contributed by atoms with Crippen molar-refractivity contribution in [1.29, 1.82) is 0 Å². The van der Waals surface area contributed by atoms with Crippen LogP contribution in [0.15, 0.2) is 36.5 Å². The number of halogens is 1. The maximum absolute atomic E-state index is 15.1. The summed E-state index contributed by atoms with van der Waals surface area (Å²) < 4.78 is 21.0. The minimum Gasteiger partial charge on any atom is -0.481 e. The predicted octanol–water partition coefficient (Wildman–Crippen LogP) is 4.53. The highest BCUT2D eigenvalue weighted by Gasteiger charge is 2.35. The van der Waals surface area contributed by atoms with E-state index < -0.39 is 5.82 Å². The van der Waals surface area contributed by atoms with Crippen molar-refractivity contribution in [2.24, 2.45) is 0 Å². The summed E-state index contributed by atoms with van der Waals surface area (Å²) in [5.74, 6) is 1.14. The number of hydrogen-bond donors (Lipinski definition) is 1. The zero-order valence-electron chi connectivity index (χ0n) is 20.1. The average Bonchev–Trinajstić information content (AvgIpc) is 3.69. The maximum atomic E-state index is 15.1. The van der Waals surface area contributed by atoms with Crippen molar-refractivity contribution in [3.05, 3.63) is 70.4 Å². The van der Waals surface area contributed by atoms with E-state index >= 15 is 4.39 Å². The van der Waals surface area contributed by atoms with Gasteiger partial charge in [-0.25, -0.2) is 14.4 Å². The molecule has 6 nitrogen and oxygen atoms in total. The molecule has 3 aliphatic rings. The number of fused-ring (bicyclic) bond motifs is 2. The van der Waals surface area contributed by atoms with Gasteiger partial charge in [0.15, 0.2) is 12.4 Å². The molecule has 180 valence electrons. The fourth-order valence-corrected chi connectivity index (χ4v) is 5.23. The molecule has 0 spiro atoms. The Bertz CT molecular complexity index is 1320. The first-order valence-electron chi connectivity index (χ1n) is 12.4. The summed E-state index contributed by atoms with van der Waals surface area (Å²) in [7, 11) is 0. The summed E-state index contributed by atoms with van der Waals surface area (Å²) in [5, 5.41) is 3.41. The minimum atomic E-state index is -0.468. The Hall–Kier alpha value is -3.32. The van der Waals surface area contributed by atoms with Gasteiger partial charge in [0.1, 0.15) is 17.3 Å². The molecule has 0 bridgehead atoms. The molecular formula is C28H29FN4O2. The van der Waals surface area contributed by atoms with Crippen molar-refractivity contribution in [2.45, 2.75) is 58.0 Å². The number of carbonyl (C=O) groups is 1. The Balaban J connectivity index is 1.39. The second-order valence-electron chi connectivity index (χ2n) is 10.0. The van der Waals surface area contributed by atoms with Gasteiger partial charge < -0.3 is 15.0 Å². The van der Waals surface area contributed by atoms with E-state index in [0.29, 0.717) is 29.4 Å². The van der Waals surface area contributed by atoms with Crippen molar-refractivity contribution in [2.75, 3.05) is 18.1 Å². The zero-order valence-corrected chi connectivity index (χ0v) is 20.1. The lowest BCUT2D eigenvalue weighted by molar-refractivity contribution is -0.121. The number of carbonyl (C=O) groups excluding carboxylic acids is 1. The highest BCUT2D eigenvalue weighted by Crippen LogP contribution is 2.50. The fraction of sp³-hybridized carbons (Fsp3) is 0.393. The molecule has 6 rings (SSSR count). The van der Waals surface area contributed by atoms with Crippen LogP contribution in [0.3, 0.4) is 0 Å². The first-order valence-corrected chi connectivity index (χ1v) is 12.4. The molecule has 7 heteroatoms. The molecule has 0 unspecified atom stereocenters. The lowest BCUT2D eigenvalue weighted by atomic mass is 9.97. The van der Waals surface area contributed by atoms with E-state index in [4.69, 9.17) is 4.74 Å². The van der Waals surface area contributed by atoms with Crippen LogP contribution in [0.1, 0.15) is 60.7 Å². The van der Waals surface area contributed by atoms with Gasteiger partial charge in [-0.3, -0.25) is 4.79 Å². The molecule has 3 aromatic rings. The first kappa shape index (κ1) is 22.2. The Morgan fingerprint density at radius 2 is 2.06 bits per heavy atom. The normalized spacial score (nSPS) is 17.3. The summed E-state index contributed by atoms with van der Waals surface area (Å²) in [4.78, 5) is 23.4. The van der Waals surface area contributed by atoms with Crippen molar-refractivity contribution >= 4 is 11.6 Å². The Labute approximate surface area is 204 Å². The van der Waals surface area contributed by atoms with Gasteiger partial charge in [-0.15, -0.1) is 0 Å². The molecule has 1 amide bonds. The van der Waals surface area contributed by atoms with Crippen LogP contribution in [-0.4, -0.2) is 35.1 Å². The van der Waals surface area contributed by atoms with Crippen LogP contribution in [0.2, 0.25) is 0 Å². The van der Waals surface area contributed by atoms with Crippen LogP contribution < -0.4 is 15.0 Å². The first-order chi connectivity index (χ1) is 17.0. The zero-order chi connectivity index (χ0) is 24.1.